The van der Waals surface area contributed by atoms with Gasteiger partial charge in [0.05, 0.1) is 0 Å². The van der Waals surface area contributed by atoms with E-state index in [-0.39, 0.29) is 0 Å². The Morgan fingerprint density at radius 3 is 1.85 bits per heavy atom. The topological polar surface area (TPSA) is 16.4 Å². The number of fused-ring (bicyclic) bond motifs is 8. The summed E-state index contributed by atoms with van der Waals surface area (Å²) in [6.45, 7) is 0. The van der Waals surface area contributed by atoms with Gasteiger partial charge in [-0.15, -0.1) is 11.3 Å². The third-order valence-electron chi connectivity index (χ3n) is 10.9. The molecule has 0 fully saturated rings. The van der Waals surface area contributed by atoms with Crippen LogP contribution >= 0.6 is 11.3 Å². The Hall–Kier alpha value is -6.94. The molecule has 2 heterocycles. The van der Waals surface area contributed by atoms with Crippen molar-refractivity contribution in [1.29, 1.82) is 0 Å². The molecule has 0 aliphatic rings. The molecule has 0 saturated carbocycles. The van der Waals surface area contributed by atoms with Crippen LogP contribution in [-0.4, -0.2) is 0 Å². The molecule has 9 aromatic carbocycles. The van der Waals surface area contributed by atoms with Crippen molar-refractivity contribution in [2.45, 2.75) is 0 Å². The first-order valence-corrected chi connectivity index (χ1v) is 19.5. The summed E-state index contributed by atoms with van der Waals surface area (Å²) in [6.07, 6.45) is 0. The van der Waals surface area contributed by atoms with Crippen molar-refractivity contribution in [1.82, 2.24) is 0 Å². The zero-order valence-electron chi connectivity index (χ0n) is 29.8. The smallest absolute Gasteiger partial charge is 0.137 e. The maximum absolute atomic E-state index is 6.37. The summed E-state index contributed by atoms with van der Waals surface area (Å²) in [5.41, 5.74) is 12.1. The lowest BCUT2D eigenvalue weighted by Gasteiger charge is -2.26. The first-order chi connectivity index (χ1) is 27.2. The van der Waals surface area contributed by atoms with E-state index < -0.39 is 0 Å². The average Bonchev–Trinajstić information content (AvgIpc) is 3.83. The molecule has 0 saturated heterocycles. The van der Waals surface area contributed by atoms with Gasteiger partial charge in [-0.2, -0.15) is 0 Å². The van der Waals surface area contributed by atoms with Gasteiger partial charge in [0.15, 0.2) is 0 Å². The Morgan fingerprint density at radius 1 is 0.345 bits per heavy atom. The van der Waals surface area contributed by atoms with Crippen LogP contribution in [0, 0.1) is 0 Å². The van der Waals surface area contributed by atoms with Crippen molar-refractivity contribution in [2.24, 2.45) is 0 Å². The standard InChI is InChI=1S/C52H33NOS/c1-2-10-34(11-3-1)35-24-27-40(28-25-35)53(42-29-30-45-44-15-4-6-18-47(44)54-48(45)33-42)41-14-8-13-39(32-41)36-20-22-37(23-21-36)43-17-9-12-38-26-31-50-52(51(38)43)46-16-5-7-19-49(46)55-50/h1-33H. The lowest BCUT2D eigenvalue weighted by Crippen LogP contribution is -2.10. The van der Waals surface area contributed by atoms with Crippen molar-refractivity contribution in [3.05, 3.63) is 200 Å². The van der Waals surface area contributed by atoms with Gasteiger partial charge in [0.2, 0.25) is 0 Å². The second-order valence-corrected chi connectivity index (χ2v) is 15.2. The van der Waals surface area contributed by atoms with Crippen LogP contribution in [0.4, 0.5) is 17.1 Å². The monoisotopic (exact) mass is 719 g/mol. The van der Waals surface area contributed by atoms with E-state index in [0.29, 0.717) is 0 Å². The molecular weight excluding hydrogens is 687 g/mol. The number of rotatable bonds is 6. The van der Waals surface area contributed by atoms with Gasteiger partial charge < -0.3 is 9.32 Å². The molecule has 0 spiro atoms. The number of thiophene rings is 1. The Morgan fingerprint density at radius 2 is 0.982 bits per heavy atom. The molecule has 0 aliphatic heterocycles. The Kier molecular flexibility index (Phi) is 7.39. The fourth-order valence-electron chi connectivity index (χ4n) is 8.23. The minimum atomic E-state index is 0.873. The quantitative estimate of drug-likeness (QED) is 0.170. The second-order valence-electron chi connectivity index (χ2n) is 14.1. The van der Waals surface area contributed by atoms with Gasteiger partial charge in [-0.05, 0) is 98.8 Å². The van der Waals surface area contributed by atoms with E-state index in [1.165, 1.54) is 58.8 Å². The van der Waals surface area contributed by atoms with Gasteiger partial charge in [-0.3, -0.25) is 0 Å². The number of para-hydroxylation sites is 1. The zero-order chi connectivity index (χ0) is 36.3. The molecule has 55 heavy (non-hydrogen) atoms. The SMILES string of the molecule is c1ccc(-c2ccc(N(c3cccc(-c4ccc(-c5cccc6ccc7sc8ccccc8c7c56)cc4)c3)c3ccc4c(c3)oc3ccccc34)cc2)cc1. The second kappa shape index (κ2) is 12.9. The molecule has 2 aromatic heterocycles. The van der Waals surface area contributed by atoms with Crippen molar-refractivity contribution < 1.29 is 4.42 Å². The summed E-state index contributed by atoms with van der Waals surface area (Å²) in [5.74, 6) is 0. The highest BCUT2D eigenvalue weighted by atomic mass is 32.1. The van der Waals surface area contributed by atoms with E-state index >= 15 is 0 Å². The lowest BCUT2D eigenvalue weighted by atomic mass is 9.93. The van der Waals surface area contributed by atoms with Gasteiger partial charge in [-0.1, -0.05) is 140 Å². The number of furan rings is 1. The Labute approximate surface area is 322 Å². The Balaban J connectivity index is 1.00. The predicted octanol–water partition coefficient (Wildman–Crippen LogP) is 15.6. The van der Waals surface area contributed by atoms with E-state index in [2.05, 4.69) is 193 Å². The minimum Gasteiger partial charge on any atom is -0.456 e. The number of nitrogens with zero attached hydrogens (tertiary/aromatic N) is 1. The molecule has 0 aliphatic carbocycles. The summed E-state index contributed by atoms with van der Waals surface area (Å²) in [4.78, 5) is 2.33. The molecule has 0 unspecified atom stereocenters. The lowest BCUT2D eigenvalue weighted by molar-refractivity contribution is 0.669. The zero-order valence-corrected chi connectivity index (χ0v) is 30.6. The largest absolute Gasteiger partial charge is 0.456 e. The predicted molar refractivity (Wildman–Crippen MR) is 235 cm³/mol. The van der Waals surface area contributed by atoms with Crippen LogP contribution in [0.3, 0.4) is 0 Å². The highest BCUT2D eigenvalue weighted by molar-refractivity contribution is 7.26. The number of anilines is 3. The van der Waals surface area contributed by atoms with E-state index in [0.717, 1.165) is 44.6 Å². The molecule has 0 radical (unpaired) electrons. The van der Waals surface area contributed by atoms with Crippen LogP contribution in [0.15, 0.2) is 205 Å². The van der Waals surface area contributed by atoms with Crippen LogP contribution < -0.4 is 4.90 Å². The first-order valence-electron chi connectivity index (χ1n) is 18.7. The minimum absolute atomic E-state index is 0.873. The van der Waals surface area contributed by atoms with Crippen molar-refractivity contribution in [3.63, 3.8) is 0 Å². The molecule has 11 aromatic rings. The molecular formula is C52H33NOS. The van der Waals surface area contributed by atoms with Gasteiger partial charge >= 0.3 is 0 Å². The van der Waals surface area contributed by atoms with Crippen molar-refractivity contribution >= 4 is 81.3 Å². The van der Waals surface area contributed by atoms with Gasteiger partial charge in [0, 0.05) is 54.1 Å². The van der Waals surface area contributed by atoms with E-state index in [9.17, 15) is 0 Å². The molecule has 2 nitrogen and oxygen atoms in total. The first kappa shape index (κ1) is 31.6. The summed E-state index contributed by atoms with van der Waals surface area (Å²) in [7, 11) is 0. The number of hydrogen-bond donors (Lipinski definition) is 0. The third-order valence-corrected chi connectivity index (χ3v) is 12.0. The van der Waals surface area contributed by atoms with Crippen LogP contribution in [0.2, 0.25) is 0 Å². The maximum atomic E-state index is 6.37. The molecule has 3 heteroatoms. The fraction of sp³-hybridized carbons (Fsp3) is 0. The molecule has 0 bridgehead atoms. The summed E-state index contributed by atoms with van der Waals surface area (Å²) < 4.78 is 9.03. The normalized spacial score (nSPS) is 11.6. The van der Waals surface area contributed by atoms with Crippen LogP contribution in [0.5, 0.6) is 0 Å². The average molecular weight is 720 g/mol. The van der Waals surface area contributed by atoms with Gasteiger partial charge in [0.1, 0.15) is 11.2 Å². The van der Waals surface area contributed by atoms with Crippen LogP contribution in [-0.2, 0) is 0 Å². The molecule has 0 N–H and O–H groups in total. The van der Waals surface area contributed by atoms with Gasteiger partial charge in [-0.25, -0.2) is 0 Å². The maximum Gasteiger partial charge on any atom is 0.137 e. The fourth-order valence-corrected chi connectivity index (χ4v) is 9.35. The van der Waals surface area contributed by atoms with E-state index in [1.54, 1.807) is 0 Å². The molecule has 11 rings (SSSR count). The summed E-state index contributed by atoms with van der Waals surface area (Å²) in [5, 5.41) is 7.51. The third kappa shape index (κ3) is 5.40. The summed E-state index contributed by atoms with van der Waals surface area (Å²) >= 11 is 1.87. The van der Waals surface area contributed by atoms with Crippen LogP contribution in [0.25, 0.3) is 86.3 Å². The molecule has 0 atom stereocenters. The van der Waals surface area contributed by atoms with Crippen molar-refractivity contribution in [3.8, 4) is 33.4 Å². The molecule has 258 valence electrons. The number of benzene rings is 9. The van der Waals surface area contributed by atoms with Crippen molar-refractivity contribution in [2.75, 3.05) is 4.90 Å². The van der Waals surface area contributed by atoms with Crippen LogP contribution in [0.1, 0.15) is 0 Å². The highest BCUT2D eigenvalue weighted by Gasteiger charge is 2.17. The number of hydrogen-bond acceptors (Lipinski definition) is 3. The Bertz CT molecular complexity index is 3190. The summed E-state index contributed by atoms with van der Waals surface area (Å²) in [6, 6.07) is 72.1. The van der Waals surface area contributed by atoms with E-state index in [1.807, 2.05) is 23.5 Å². The molecule has 0 amide bonds. The highest BCUT2D eigenvalue weighted by Crippen LogP contribution is 2.43. The van der Waals surface area contributed by atoms with Gasteiger partial charge in [0.25, 0.3) is 0 Å². The van der Waals surface area contributed by atoms with E-state index in [4.69, 9.17) is 4.42 Å².